The highest BCUT2D eigenvalue weighted by atomic mass is 19.1. The molecule has 0 saturated carbocycles. The number of alkyl halides is 1. The maximum absolute atomic E-state index is 14.3. The zero-order chi connectivity index (χ0) is 12.3. The van der Waals surface area contributed by atoms with Crippen molar-refractivity contribution < 1.29 is 13.9 Å². The molecule has 4 heteroatoms. The highest BCUT2D eigenvalue weighted by Gasteiger charge is 2.26. The minimum absolute atomic E-state index is 0.0909. The SMILES string of the molecule is COc1cc(OC)cc(C(F)C2CCCN2)c1. The molecule has 0 aromatic heterocycles. The van der Waals surface area contributed by atoms with E-state index >= 15 is 0 Å². The van der Waals surface area contributed by atoms with Crippen LogP contribution in [-0.2, 0) is 0 Å². The van der Waals surface area contributed by atoms with E-state index in [0.29, 0.717) is 17.1 Å². The first-order valence-corrected chi connectivity index (χ1v) is 5.85. The average molecular weight is 239 g/mol. The highest BCUT2D eigenvalue weighted by molar-refractivity contribution is 5.39. The minimum Gasteiger partial charge on any atom is -0.497 e. The lowest BCUT2D eigenvalue weighted by Crippen LogP contribution is -2.26. The average Bonchev–Trinajstić information content (AvgIpc) is 2.91. The van der Waals surface area contributed by atoms with Gasteiger partial charge in [-0.2, -0.15) is 0 Å². The van der Waals surface area contributed by atoms with Gasteiger partial charge < -0.3 is 14.8 Å². The quantitative estimate of drug-likeness (QED) is 0.875. The maximum Gasteiger partial charge on any atom is 0.141 e. The van der Waals surface area contributed by atoms with Crippen LogP contribution in [0.25, 0.3) is 0 Å². The zero-order valence-electron chi connectivity index (χ0n) is 10.2. The monoisotopic (exact) mass is 239 g/mol. The van der Waals surface area contributed by atoms with Crippen LogP contribution in [0, 0.1) is 0 Å². The van der Waals surface area contributed by atoms with Crippen LogP contribution in [0.1, 0.15) is 24.6 Å². The molecule has 1 heterocycles. The Morgan fingerprint density at radius 1 is 1.24 bits per heavy atom. The third-order valence-corrected chi connectivity index (χ3v) is 3.14. The van der Waals surface area contributed by atoms with Crippen molar-refractivity contribution in [3.63, 3.8) is 0 Å². The second kappa shape index (κ2) is 5.36. The van der Waals surface area contributed by atoms with E-state index in [1.807, 2.05) is 0 Å². The van der Waals surface area contributed by atoms with Crippen LogP contribution in [0.2, 0.25) is 0 Å². The van der Waals surface area contributed by atoms with E-state index in [2.05, 4.69) is 5.32 Å². The molecule has 0 spiro atoms. The molecule has 94 valence electrons. The Kier molecular flexibility index (Phi) is 3.84. The Labute approximate surface area is 101 Å². The molecule has 0 bridgehead atoms. The second-order valence-electron chi connectivity index (χ2n) is 4.25. The Morgan fingerprint density at radius 2 is 1.88 bits per heavy atom. The summed E-state index contributed by atoms with van der Waals surface area (Å²) in [7, 11) is 3.14. The number of methoxy groups -OCH3 is 2. The van der Waals surface area contributed by atoms with E-state index in [-0.39, 0.29) is 6.04 Å². The van der Waals surface area contributed by atoms with Crippen LogP contribution in [0.15, 0.2) is 18.2 Å². The molecule has 2 unspecified atom stereocenters. The zero-order valence-corrected chi connectivity index (χ0v) is 10.2. The molecule has 1 aliphatic heterocycles. The molecule has 1 N–H and O–H groups in total. The van der Waals surface area contributed by atoms with Crippen molar-refractivity contribution in [2.75, 3.05) is 20.8 Å². The molecule has 0 aliphatic carbocycles. The summed E-state index contributed by atoms with van der Waals surface area (Å²) in [6, 6.07) is 5.12. The Morgan fingerprint density at radius 3 is 2.35 bits per heavy atom. The summed E-state index contributed by atoms with van der Waals surface area (Å²) >= 11 is 0. The summed E-state index contributed by atoms with van der Waals surface area (Å²) < 4.78 is 24.6. The van der Waals surface area contributed by atoms with E-state index in [0.717, 1.165) is 19.4 Å². The first-order valence-electron chi connectivity index (χ1n) is 5.85. The fourth-order valence-electron chi connectivity index (χ4n) is 2.18. The van der Waals surface area contributed by atoms with Crippen LogP contribution >= 0.6 is 0 Å². The summed E-state index contributed by atoms with van der Waals surface area (Å²) in [5.74, 6) is 1.25. The van der Waals surface area contributed by atoms with E-state index < -0.39 is 6.17 Å². The third kappa shape index (κ3) is 2.69. The van der Waals surface area contributed by atoms with Crippen molar-refractivity contribution in [2.45, 2.75) is 25.1 Å². The van der Waals surface area contributed by atoms with Crippen LogP contribution in [0.5, 0.6) is 11.5 Å². The molecule has 0 radical (unpaired) electrons. The summed E-state index contributed by atoms with van der Waals surface area (Å²) in [6.45, 7) is 0.895. The molecule has 0 amide bonds. The van der Waals surface area contributed by atoms with Gasteiger partial charge in [0.15, 0.2) is 0 Å². The predicted molar refractivity (Wildman–Crippen MR) is 64.4 cm³/mol. The second-order valence-corrected chi connectivity index (χ2v) is 4.25. The van der Waals surface area contributed by atoms with E-state index in [9.17, 15) is 4.39 Å². The number of rotatable bonds is 4. The van der Waals surface area contributed by atoms with Crippen LogP contribution < -0.4 is 14.8 Å². The van der Waals surface area contributed by atoms with Gasteiger partial charge in [0.1, 0.15) is 17.7 Å². The summed E-state index contributed by atoms with van der Waals surface area (Å²) in [4.78, 5) is 0. The molecule has 1 aliphatic rings. The molecule has 1 aromatic carbocycles. The lowest BCUT2D eigenvalue weighted by atomic mass is 10.0. The number of ether oxygens (including phenoxy) is 2. The largest absolute Gasteiger partial charge is 0.497 e. The van der Waals surface area contributed by atoms with Crippen molar-refractivity contribution in [1.82, 2.24) is 5.32 Å². The third-order valence-electron chi connectivity index (χ3n) is 3.14. The van der Waals surface area contributed by atoms with Crippen LogP contribution in [-0.4, -0.2) is 26.8 Å². The molecular formula is C13H18FNO2. The molecule has 3 nitrogen and oxygen atoms in total. The van der Waals surface area contributed by atoms with Crippen LogP contribution in [0.4, 0.5) is 4.39 Å². The summed E-state index contributed by atoms with van der Waals surface area (Å²) in [5.41, 5.74) is 0.612. The summed E-state index contributed by atoms with van der Waals surface area (Å²) in [6.07, 6.45) is 0.897. The van der Waals surface area contributed by atoms with Gasteiger partial charge in [0.25, 0.3) is 0 Å². The molecule has 1 fully saturated rings. The molecule has 17 heavy (non-hydrogen) atoms. The van der Waals surface area contributed by atoms with E-state index in [4.69, 9.17) is 9.47 Å². The van der Waals surface area contributed by atoms with Gasteiger partial charge in [-0.15, -0.1) is 0 Å². The van der Waals surface area contributed by atoms with Crippen molar-refractivity contribution in [3.05, 3.63) is 23.8 Å². The van der Waals surface area contributed by atoms with Gasteiger partial charge in [0, 0.05) is 12.1 Å². The fourth-order valence-corrected chi connectivity index (χ4v) is 2.18. The molecule has 1 saturated heterocycles. The van der Waals surface area contributed by atoms with Gasteiger partial charge in [-0.25, -0.2) is 4.39 Å². The fraction of sp³-hybridized carbons (Fsp3) is 0.538. The highest BCUT2D eigenvalue weighted by Crippen LogP contribution is 2.32. The molecular weight excluding hydrogens is 221 g/mol. The van der Waals surface area contributed by atoms with Gasteiger partial charge in [-0.05, 0) is 37.1 Å². The number of hydrogen-bond acceptors (Lipinski definition) is 3. The van der Waals surface area contributed by atoms with Gasteiger partial charge >= 0.3 is 0 Å². The van der Waals surface area contributed by atoms with Crippen molar-refractivity contribution in [2.24, 2.45) is 0 Å². The Bertz CT molecular complexity index is 355. The maximum atomic E-state index is 14.3. The number of benzene rings is 1. The normalized spacial score (nSPS) is 21.2. The summed E-state index contributed by atoms with van der Waals surface area (Å²) in [5, 5.41) is 3.17. The van der Waals surface area contributed by atoms with Crippen LogP contribution in [0.3, 0.4) is 0 Å². The minimum atomic E-state index is -1.01. The Balaban J connectivity index is 2.23. The number of nitrogens with one attached hydrogen (secondary N) is 1. The first-order chi connectivity index (χ1) is 8.24. The van der Waals surface area contributed by atoms with Gasteiger partial charge in [-0.1, -0.05) is 0 Å². The predicted octanol–water partition coefficient (Wildman–Crippen LogP) is 2.47. The molecule has 2 rings (SSSR count). The van der Waals surface area contributed by atoms with Crippen molar-refractivity contribution in [3.8, 4) is 11.5 Å². The molecule has 1 aromatic rings. The van der Waals surface area contributed by atoms with Crippen molar-refractivity contribution >= 4 is 0 Å². The van der Waals surface area contributed by atoms with Crippen molar-refractivity contribution in [1.29, 1.82) is 0 Å². The van der Waals surface area contributed by atoms with Gasteiger partial charge in [-0.3, -0.25) is 0 Å². The van der Waals surface area contributed by atoms with Gasteiger partial charge in [0.2, 0.25) is 0 Å². The standard InChI is InChI=1S/C13H18FNO2/c1-16-10-6-9(7-11(8-10)17-2)13(14)12-4-3-5-15-12/h6-8,12-13,15H,3-5H2,1-2H3. The molecule has 2 atom stereocenters. The Hall–Kier alpha value is -1.29. The van der Waals surface area contributed by atoms with E-state index in [1.54, 1.807) is 32.4 Å². The topological polar surface area (TPSA) is 30.5 Å². The lowest BCUT2D eigenvalue weighted by molar-refractivity contribution is 0.269. The number of hydrogen-bond donors (Lipinski definition) is 1. The lowest BCUT2D eigenvalue weighted by Gasteiger charge is -2.17. The first kappa shape index (κ1) is 12.2. The smallest absolute Gasteiger partial charge is 0.141 e. The van der Waals surface area contributed by atoms with E-state index in [1.165, 1.54) is 0 Å². The van der Waals surface area contributed by atoms with Gasteiger partial charge in [0.05, 0.1) is 14.2 Å². The number of halogens is 1.